The lowest BCUT2D eigenvalue weighted by Crippen LogP contribution is -2.44. The van der Waals surface area contributed by atoms with E-state index in [1.807, 2.05) is 35.4 Å². The fraction of sp³-hybridized carbons (Fsp3) is 0.444. The summed E-state index contributed by atoms with van der Waals surface area (Å²) >= 11 is 0. The van der Waals surface area contributed by atoms with Crippen molar-refractivity contribution < 1.29 is 9.90 Å². The van der Waals surface area contributed by atoms with Gasteiger partial charge in [0.2, 0.25) is 0 Å². The van der Waals surface area contributed by atoms with Crippen molar-refractivity contribution in [3.8, 4) is 11.1 Å². The molecule has 1 saturated carbocycles. The van der Waals surface area contributed by atoms with Gasteiger partial charge in [-0.05, 0) is 43.4 Å². The van der Waals surface area contributed by atoms with Crippen LogP contribution in [0.1, 0.15) is 36.0 Å². The Labute approximate surface area is 135 Å². The second-order valence-electron chi connectivity index (χ2n) is 6.76. The Morgan fingerprint density at radius 1 is 1.35 bits per heavy atom. The Morgan fingerprint density at radius 3 is 2.96 bits per heavy atom. The van der Waals surface area contributed by atoms with Gasteiger partial charge >= 0.3 is 0 Å². The molecule has 5 nitrogen and oxygen atoms in total. The molecular weight excluding hydrogens is 290 g/mol. The highest BCUT2D eigenvalue weighted by atomic mass is 16.3. The van der Waals surface area contributed by atoms with E-state index in [0.29, 0.717) is 12.1 Å². The Bertz CT molecular complexity index is 707. The van der Waals surface area contributed by atoms with Crippen LogP contribution in [0.4, 0.5) is 0 Å². The molecule has 0 bridgehead atoms. The number of nitrogens with zero attached hydrogens (tertiary/aromatic N) is 2. The number of amides is 1. The first-order chi connectivity index (χ1) is 11.2. The number of carbonyl (C=O) groups excluding carboxylic acids is 1. The van der Waals surface area contributed by atoms with Gasteiger partial charge in [0, 0.05) is 36.3 Å². The second kappa shape index (κ2) is 5.49. The zero-order chi connectivity index (χ0) is 15.9. The number of likely N-dealkylation sites (tertiary alicyclic amines) is 1. The molecule has 2 aliphatic rings. The summed E-state index contributed by atoms with van der Waals surface area (Å²) in [5.41, 5.74) is 2.16. The molecule has 1 aromatic heterocycles. The van der Waals surface area contributed by atoms with Crippen LogP contribution in [0.2, 0.25) is 0 Å². The van der Waals surface area contributed by atoms with Crippen molar-refractivity contribution in [1.82, 2.24) is 15.1 Å². The van der Waals surface area contributed by atoms with Crippen LogP contribution in [0.25, 0.3) is 11.1 Å². The van der Waals surface area contributed by atoms with Gasteiger partial charge in [-0.1, -0.05) is 12.1 Å². The van der Waals surface area contributed by atoms with E-state index in [9.17, 15) is 9.90 Å². The molecular formula is C18H21N3O2. The minimum absolute atomic E-state index is 0.0595. The summed E-state index contributed by atoms with van der Waals surface area (Å²) in [4.78, 5) is 14.7. The van der Waals surface area contributed by atoms with E-state index in [1.165, 1.54) is 0 Å². The number of hydrogen-bond acceptors (Lipinski definition) is 3. The van der Waals surface area contributed by atoms with Crippen molar-refractivity contribution >= 4 is 5.91 Å². The van der Waals surface area contributed by atoms with Gasteiger partial charge in [-0.3, -0.25) is 9.89 Å². The molecule has 1 atom stereocenters. The maximum atomic E-state index is 12.8. The fourth-order valence-corrected chi connectivity index (χ4v) is 3.56. The number of benzene rings is 1. The normalized spacial score (nSPS) is 22.8. The van der Waals surface area contributed by atoms with Crippen LogP contribution < -0.4 is 0 Å². The van der Waals surface area contributed by atoms with Gasteiger partial charge in [-0.2, -0.15) is 5.10 Å². The van der Waals surface area contributed by atoms with Crippen molar-refractivity contribution in [2.45, 2.75) is 31.3 Å². The topological polar surface area (TPSA) is 69.2 Å². The van der Waals surface area contributed by atoms with Crippen LogP contribution in [0, 0.1) is 5.92 Å². The Hall–Kier alpha value is -2.14. The standard InChI is InChI=1S/C18H21N3O2/c22-17(21-8-2-5-16(12-21)18(23)6-7-18)14-4-1-3-13(9-14)15-10-19-20-11-15/h1,3-4,9-11,16,23H,2,5-8,12H2,(H,19,20). The van der Waals surface area contributed by atoms with E-state index in [2.05, 4.69) is 10.2 Å². The summed E-state index contributed by atoms with van der Waals surface area (Å²) in [6, 6.07) is 7.67. The summed E-state index contributed by atoms with van der Waals surface area (Å²) < 4.78 is 0. The molecule has 1 amide bonds. The monoisotopic (exact) mass is 311 g/mol. The number of hydrogen-bond donors (Lipinski definition) is 2. The maximum Gasteiger partial charge on any atom is 0.253 e. The summed E-state index contributed by atoms with van der Waals surface area (Å²) in [7, 11) is 0. The number of aromatic nitrogens is 2. The van der Waals surface area contributed by atoms with E-state index in [1.54, 1.807) is 6.20 Å². The lowest BCUT2D eigenvalue weighted by atomic mass is 9.90. The van der Waals surface area contributed by atoms with Gasteiger partial charge in [0.25, 0.3) is 5.91 Å². The molecule has 5 heteroatoms. The van der Waals surface area contributed by atoms with Crippen LogP contribution >= 0.6 is 0 Å². The first-order valence-electron chi connectivity index (χ1n) is 8.27. The molecule has 1 saturated heterocycles. The molecule has 2 N–H and O–H groups in total. The zero-order valence-corrected chi connectivity index (χ0v) is 13.0. The molecule has 1 aliphatic heterocycles. The van der Waals surface area contributed by atoms with Crippen molar-refractivity contribution in [2.24, 2.45) is 5.92 Å². The van der Waals surface area contributed by atoms with E-state index in [-0.39, 0.29) is 11.8 Å². The molecule has 0 radical (unpaired) electrons. The number of rotatable bonds is 3. The Kier molecular flexibility index (Phi) is 3.45. The molecule has 23 heavy (non-hydrogen) atoms. The van der Waals surface area contributed by atoms with Gasteiger partial charge < -0.3 is 10.0 Å². The maximum absolute atomic E-state index is 12.8. The third kappa shape index (κ3) is 2.77. The first kappa shape index (κ1) is 14.5. The molecule has 2 heterocycles. The fourth-order valence-electron chi connectivity index (χ4n) is 3.56. The van der Waals surface area contributed by atoms with Gasteiger partial charge in [0.1, 0.15) is 0 Å². The molecule has 1 aromatic carbocycles. The van der Waals surface area contributed by atoms with Crippen molar-refractivity contribution in [1.29, 1.82) is 0 Å². The predicted molar refractivity (Wildman–Crippen MR) is 86.8 cm³/mol. The van der Waals surface area contributed by atoms with Crippen LogP contribution in [-0.2, 0) is 0 Å². The number of H-pyrrole nitrogens is 1. The quantitative estimate of drug-likeness (QED) is 0.915. The third-order valence-corrected chi connectivity index (χ3v) is 5.17. The van der Waals surface area contributed by atoms with Gasteiger partial charge in [0.15, 0.2) is 0 Å². The van der Waals surface area contributed by atoms with Crippen molar-refractivity contribution in [3.05, 3.63) is 42.2 Å². The van der Waals surface area contributed by atoms with Crippen molar-refractivity contribution in [3.63, 3.8) is 0 Å². The van der Waals surface area contributed by atoms with Crippen LogP contribution in [0.5, 0.6) is 0 Å². The molecule has 0 spiro atoms. The number of piperidine rings is 1. The highest BCUT2D eigenvalue weighted by molar-refractivity contribution is 5.95. The molecule has 120 valence electrons. The second-order valence-corrected chi connectivity index (χ2v) is 6.76. The SMILES string of the molecule is O=C(c1cccc(-c2cn[nH]c2)c1)N1CCCC(C2(O)CC2)C1. The summed E-state index contributed by atoms with van der Waals surface area (Å²) in [5, 5.41) is 17.1. The summed E-state index contributed by atoms with van der Waals surface area (Å²) in [6.07, 6.45) is 7.34. The lowest BCUT2D eigenvalue weighted by molar-refractivity contribution is 0.0282. The highest BCUT2D eigenvalue weighted by Crippen LogP contribution is 2.45. The minimum atomic E-state index is -0.502. The first-order valence-corrected chi connectivity index (χ1v) is 8.27. The van der Waals surface area contributed by atoms with E-state index < -0.39 is 5.60 Å². The van der Waals surface area contributed by atoms with E-state index >= 15 is 0 Å². The lowest BCUT2D eigenvalue weighted by Gasteiger charge is -2.35. The average Bonchev–Trinajstić information content (AvgIpc) is 3.13. The Balaban J connectivity index is 1.53. The van der Waals surface area contributed by atoms with Crippen LogP contribution in [-0.4, -0.2) is 44.8 Å². The van der Waals surface area contributed by atoms with Crippen LogP contribution in [0.3, 0.4) is 0 Å². The van der Waals surface area contributed by atoms with Crippen LogP contribution in [0.15, 0.2) is 36.7 Å². The zero-order valence-electron chi connectivity index (χ0n) is 13.0. The minimum Gasteiger partial charge on any atom is -0.390 e. The molecule has 2 aromatic rings. The summed E-state index contributed by atoms with van der Waals surface area (Å²) in [5.74, 6) is 0.293. The van der Waals surface area contributed by atoms with E-state index in [0.717, 1.165) is 43.4 Å². The average molecular weight is 311 g/mol. The number of carbonyl (C=O) groups is 1. The van der Waals surface area contributed by atoms with Gasteiger partial charge in [-0.25, -0.2) is 0 Å². The van der Waals surface area contributed by atoms with Crippen molar-refractivity contribution in [2.75, 3.05) is 13.1 Å². The number of aliphatic hydroxyl groups is 1. The highest BCUT2D eigenvalue weighted by Gasteiger charge is 2.49. The molecule has 1 unspecified atom stereocenters. The number of aromatic amines is 1. The van der Waals surface area contributed by atoms with Gasteiger partial charge in [-0.15, -0.1) is 0 Å². The van der Waals surface area contributed by atoms with E-state index in [4.69, 9.17) is 0 Å². The van der Waals surface area contributed by atoms with Gasteiger partial charge in [0.05, 0.1) is 11.8 Å². The smallest absolute Gasteiger partial charge is 0.253 e. The third-order valence-electron chi connectivity index (χ3n) is 5.17. The predicted octanol–water partition coefficient (Wildman–Crippen LogP) is 2.45. The molecule has 4 rings (SSSR count). The largest absolute Gasteiger partial charge is 0.390 e. The summed E-state index contributed by atoms with van der Waals surface area (Å²) in [6.45, 7) is 1.45. The Morgan fingerprint density at radius 2 is 2.22 bits per heavy atom. The molecule has 2 fully saturated rings. The molecule has 1 aliphatic carbocycles. The number of nitrogens with one attached hydrogen (secondary N) is 1.